The molecular weight excluding hydrogens is 244 g/mol. The van der Waals surface area contributed by atoms with Gasteiger partial charge in [-0.15, -0.1) is 0 Å². The average Bonchev–Trinajstić information content (AvgIpc) is 2.44. The van der Waals surface area contributed by atoms with E-state index in [4.69, 9.17) is 0 Å². The van der Waals surface area contributed by atoms with Gasteiger partial charge in [-0.05, 0) is 49.4 Å². The maximum absolute atomic E-state index is 13.4. The molecule has 1 saturated carbocycles. The molecule has 0 saturated heterocycles. The highest BCUT2D eigenvalue weighted by atomic mass is 19.2. The van der Waals surface area contributed by atoms with Crippen molar-refractivity contribution in [2.24, 2.45) is 5.92 Å². The first kappa shape index (κ1) is 14.4. The summed E-state index contributed by atoms with van der Waals surface area (Å²) in [6.45, 7) is 3.04. The van der Waals surface area contributed by atoms with Gasteiger partial charge in [-0.25, -0.2) is 8.78 Å². The van der Waals surface area contributed by atoms with Crippen molar-refractivity contribution < 1.29 is 8.78 Å². The van der Waals surface area contributed by atoms with Gasteiger partial charge < -0.3 is 5.32 Å². The minimum atomic E-state index is -0.762. The van der Waals surface area contributed by atoms with Crippen molar-refractivity contribution in [2.75, 3.05) is 6.54 Å². The smallest absolute Gasteiger partial charge is 0.159 e. The van der Waals surface area contributed by atoms with E-state index in [1.165, 1.54) is 44.2 Å². The monoisotopic (exact) mass is 267 g/mol. The number of hydrogen-bond donors (Lipinski definition) is 1. The first-order chi connectivity index (χ1) is 9.22. The fourth-order valence-corrected chi connectivity index (χ4v) is 3.03. The van der Waals surface area contributed by atoms with E-state index in [1.807, 2.05) is 0 Å². The molecule has 0 bridgehead atoms. The van der Waals surface area contributed by atoms with Crippen molar-refractivity contribution in [1.29, 1.82) is 0 Å². The SMILES string of the molecule is CCCNC(c1ccc(F)c(F)c1)C1CCCCC1. The van der Waals surface area contributed by atoms with Crippen LogP contribution in [0, 0.1) is 17.6 Å². The summed E-state index contributed by atoms with van der Waals surface area (Å²) in [6, 6.07) is 4.49. The normalized spacial score (nSPS) is 18.5. The summed E-state index contributed by atoms with van der Waals surface area (Å²) in [7, 11) is 0. The molecule has 0 spiro atoms. The van der Waals surface area contributed by atoms with E-state index in [1.54, 1.807) is 6.07 Å². The van der Waals surface area contributed by atoms with Crippen molar-refractivity contribution in [3.63, 3.8) is 0 Å². The van der Waals surface area contributed by atoms with Crippen molar-refractivity contribution in [3.05, 3.63) is 35.4 Å². The average molecular weight is 267 g/mol. The second-order valence-corrected chi connectivity index (χ2v) is 5.50. The summed E-state index contributed by atoms with van der Waals surface area (Å²) < 4.78 is 26.5. The zero-order valence-corrected chi connectivity index (χ0v) is 11.6. The molecule has 0 aliphatic heterocycles. The Balaban J connectivity index is 2.17. The molecule has 1 aliphatic carbocycles. The van der Waals surface area contributed by atoms with Crippen molar-refractivity contribution in [1.82, 2.24) is 5.32 Å². The predicted octanol–water partition coefficient (Wildman–Crippen LogP) is 4.59. The van der Waals surface area contributed by atoms with Crippen LogP contribution in [-0.4, -0.2) is 6.54 Å². The number of benzene rings is 1. The Labute approximate surface area is 114 Å². The van der Waals surface area contributed by atoms with E-state index in [-0.39, 0.29) is 6.04 Å². The molecule has 2 rings (SSSR count). The number of hydrogen-bond acceptors (Lipinski definition) is 1. The van der Waals surface area contributed by atoms with E-state index >= 15 is 0 Å². The number of rotatable bonds is 5. The van der Waals surface area contributed by atoms with Gasteiger partial charge in [-0.3, -0.25) is 0 Å². The lowest BCUT2D eigenvalue weighted by atomic mass is 9.81. The summed E-state index contributed by atoms with van der Waals surface area (Å²) in [5.41, 5.74) is 0.888. The molecule has 0 radical (unpaired) electrons. The zero-order chi connectivity index (χ0) is 13.7. The van der Waals surface area contributed by atoms with Crippen LogP contribution in [0.25, 0.3) is 0 Å². The largest absolute Gasteiger partial charge is 0.310 e. The van der Waals surface area contributed by atoms with E-state index in [2.05, 4.69) is 12.2 Å². The van der Waals surface area contributed by atoms with Gasteiger partial charge in [-0.2, -0.15) is 0 Å². The predicted molar refractivity (Wildman–Crippen MR) is 74.0 cm³/mol. The standard InChI is InChI=1S/C16H23F2N/c1-2-10-19-16(12-6-4-3-5-7-12)13-8-9-14(17)15(18)11-13/h8-9,11-12,16,19H,2-7,10H2,1H3. The quantitative estimate of drug-likeness (QED) is 0.823. The molecule has 1 aromatic rings. The summed E-state index contributed by atoms with van der Waals surface area (Å²) in [5, 5.41) is 3.51. The molecule has 1 unspecified atom stereocenters. The molecule has 106 valence electrons. The van der Waals surface area contributed by atoms with Crippen LogP contribution in [0.2, 0.25) is 0 Å². The highest BCUT2D eigenvalue weighted by Crippen LogP contribution is 2.34. The third kappa shape index (κ3) is 3.75. The van der Waals surface area contributed by atoms with Crippen molar-refractivity contribution >= 4 is 0 Å². The van der Waals surface area contributed by atoms with Gasteiger partial charge in [0, 0.05) is 6.04 Å². The van der Waals surface area contributed by atoms with Crippen LogP contribution in [0.15, 0.2) is 18.2 Å². The summed E-state index contributed by atoms with van der Waals surface area (Å²) in [5.74, 6) is -0.955. The lowest BCUT2D eigenvalue weighted by Crippen LogP contribution is -2.30. The Hall–Kier alpha value is -0.960. The van der Waals surface area contributed by atoms with Crippen LogP contribution < -0.4 is 5.32 Å². The maximum atomic E-state index is 13.4. The molecule has 1 nitrogen and oxygen atoms in total. The summed E-state index contributed by atoms with van der Waals surface area (Å²) in [4.78, 5) is 0. The number of halogens is 2. The summed E-state index contributed by atoms with van der Waals surface area (Å²) >= 11 is 0. The Morgan fingerprint density at radius 1 is 1.16 bits per heavy atom. The lowest BCUT2D eigenvalue weighted by Gasteiger charge is -2.31. The van der Waals surface area contributed by atoms with Gasteiger partial charge in [0.25, 0.3) is 0 Å². The van der Waals surface area contributed by atoms with E-state index < -0.39 is 11.6 Å². The second kappa shape index (κ2) is 6.99. The molecule has 1 fully saturated rings. The Bertz CT molecular complexity index is 400. The molecular formula is C16H23F2N. The van der Waals surface area contributed by atoms with Gasteiger partial charge >= 0.3 is 0 Å². The molecule has 0 amide bonds. The maximum Gasteiger partial charge on any atom is 0.159 e. The van der Waals surface area contributed by atoms with Crippen LogP contribution in [0.4, 0.5) is 8.78 Å². The Morgan fingerprint density at radius 3 is 2.53 bits per heavy atom. The van der Waals surface area contributed by atoms with Gasteiger partial charge in [0.2, 0.25) is 0 Å². The van der Waals surface area contributed by atoms with Gasteiger partial charge in [0.1, 0.15) is 0 Å². The minimum absolute atomic E-state index is 0.162. The Kier molecular flexibility index (Phi) is 5.32. The fourth-order valence-electron chi connectivity index (χ4n) is 3.03. The first-order valence-electron chi connectivity index (χ1n) is 7.40. The molecule has 19 heavy (non-hydrogen) atoms. The molecule has 1 N–H and O–H groups in total. The van der Waals surface area contributed by atoms with Crippen LogP contribution in [0.3, 0.4) is 0 Å². The van der Waals surface area contributed by atoms with E-state index in [9.17, 15) is 8.78 Å². The molecule has 1 aliphatic rings. The fraction of sp³-hybridized carbons (Fsp3) is 0.625. The van der Waals surface area contributed by atoms with E-state index in [0.717, 1.165) is 18.5 Å². The van der Waals surface area contributed by atoms with Gasteiger partial charge in [0.05, 0.1) is 0 Å². The highest BCUT2D eigenvalue weighted by Gasteiger charge is 2.25. The Morgan fingerprint density at radius 2 is 1.89 bits per heavy atom. The third-order valence-corrected chi connectivity index (χ3v) is 4.04. The van der Waals surface area contributed by atoms with Crippen LogP contribution in [0.5, 0.6) is 0 Å². The molecule has 3 heteroatoms. The van der Waals surface area contributed by atoms with Crippen LogP contribution >= 0.6 is 0 Å². The number of nitrogens with one attached hydrogen (secondary N) is 1. The van der Waals surface area contributed by atoms with Gasteiger partial charge in [0.15, 0.2) is 11.6 Å². The zero-order valence-electron chi connectivity index (χ0n) is 11.6. The third-order valence-electron chi connectivity index (χ3n) is 4.04. The molecule has 1 atom stereocenters. The summed E-state index contributed by atoms with van der Waals surface area (Å²) in [6.07, 6.45) is 7.21. The topological polar surface area (TPSA) is 12.0 Å². The van der Waals surface area contributed by atoms with Crippen LogP contribution in [0.1, 0.15) is 57.1 Å². The molecule has 0 heterocycles. The lowest BCUT2D eigenvalue weighted by molar-refractivity contribution is 0.271. The van der Waals surface area contributed by atoms with Gasteiger partial charge in [-0.1, -0.05) is 32.3 Å². The second-order valence-electron chi connectivity index (χ2n) is 5.50. The van der Waals surface area contributed by atoms with Crippen molar-refractivity contribution in [3.8, 4) is 0 Å². The highest BCUT2D eigenvalue weighted by molar-refractivity contribution is 5.22. The van der Waals surface area contributed by atoms with E-state index in [0.29, 0.717) is 5.92 Å². The first-order valence-corrected chi connectivity index (χ1v) is 7.40. The molecule has 1 aromatic carbocycles. The molecule has 0 aromatic heterocycles. The van der Waals surface area contributed by atoms with Crippen LogP contribution in [-0.2, 0) is 0 Å². The van der Waals surface area contributed by atoms with Crippen molar-refractivity contribution in [2.45, 2.75) is 51.5 Å². The minimum Gasteiger partial charge on any atom is -0.310 e.